The van der Waals surface area contributed by atoms with Crippen molar-refractivity contribution in [3.05, 3.63) is 23.7 Å². The summed E-state index contributed by atoms with van der Waals surface area (Å²) in [6.45, 7) is 2.33. The molecule has 1 aromatic rings. The van der Waals surface area contributed by atoms with Gasteiger partial charge in [0, 0.05) is 13.1 Å². The van der Waals surface area contributed by atoms with E-state index in [0.717, 1.165) is 5.76 Å². The van der Waals surface area contributed by atoms with Gasteiger partial charge in [0.05, 0.1) is 12.5 Å². The van der Waals surface area contributed by atoms with Crippen molar-refractivity contribution in [2.45, 2.75) is 26.3 Å². The number of hydrogen-bond acceptors (Lipinski definition) is 4. The molecule has 0 radical (unpaired) electrons. The molecule has 0 atom stereocenters. The van der Waals surface area contributed by atoms with E-state index in [4.69, 9.17) is 9.52 Å². The molecule has 2 rings (SSSR count). The van der Waals surface area contributed by atoms with E-state index < -0.39 is 22.1 Å². The maximum Gasteiger partial charge on any atom is 0.306 e. The number of furan rings is 1. The Kier molecular flexibility index (Phi) is 4.46. The van der Waals surface area contributed by atoms with E-state index >= 15 is 0 Å². The molecule has 2 heterocycles. The number of aliphatic carboxylic acids is 1. The van der Waals surface area contributed by atoms with Crippen molar-refractivity contribution in [1.82, 2.24) is 9.03 Å². The highest BCUT2D eigenvalue weighted by atomic mass is 32.2. The molecule has 1 saturated heterocycles. The minimum Gasteiger partial charge on any atom is -0.481 e. The standard InChI is InChI=1S/C12H18N2O5S/c1-9-2-3-11(19-9)8-13-20(17,18)14-6-4-10(5-7-14)12(15)16/h2-3,10,13H,4-8H2,1H3,(H,15,16). The average Bonchev–Trinajstić information content (AvgIpc) is 2.82. The fraction of sp³-hybridized carbons (Fsp3) is 0.583. The summed E-state index contributed by atoms with van der Waals surface area (Å²) >= 11 is 0. The Morgan fingerprint density at radius 2 is 2.10 bits per heavy atom. The van der Waals surface area contributed by atoms with Gasteiger partial charge >= 0.3 is 5.97 Å². The van der Waals surface area contributed by atoms with E-state index in [1.54, 1.807) is 19.1 Å². The summed E-state index contributed by atoms with van der Waals surface area (Å²) in [6, 6.07) is 3.48. The second-order valence-corrected chi connectivity index (χ2v) is 6.61. The first-order chi connectivity index (χ1) is 9.38. The molecule has 0 aliphatic carbocycles. The first kappa shape index (κ1) is 15.0. The zero-order valence-corrected chi connectivity index (χ0v) is 12.0. The van der Waals surface area contributed by atoms with Gasteiger partial charge in [-0.25, -0.2) is 0 Å². The Morgan fingerprint density at radius 3 is 2.60 bits per heavy atom. The second-order valence-electron chi connectivity index (χ2n) is 4.85. The molecule has 0 spiro atoms. The molecule has 0 saturated carbocycles. The zero-order chi connectivity index (χ0) is 14.8. The highest BCUT2D eigenvalue weighted by Gasteiger charge is 2.30. The van der Waals surface area contributed by atoms with Crippen LogP contribution < -0.4 is 4.72 Å². The largest absolute Gasteiger partial charge is 0.481 e. The maximum absolute atomic E-state index is 12.1. The fourth-order valence-corrected chi connectivity index (χ4v) is 3.38. The summed E-state index contributed by atoms with van der Waals surface area (Å²) in [4.78, 5) is 10.8. The van der Waals surface area contributed by atoms with Gasteiger partial charge in [-0.15, -0.1) is 0 Å². The lowest BCUT2D eigenvalue weighted by molar-refractivity contribution is -0.142. The van der Waals surface area contributed by atoms with E-state index in [9.17, 15) is 13.2 Å². The van der Waals surface area contributed by atoms with E-state index in [1.165, 1.54) is 4.31 Å². The maximum atomic E-state index is 12.1. The molecule has 0 bridgehead atoms. The Balaban J connectivity index is 1.89. The minimum atomic E-state index is -3.59. The number of piperidine rings is 1. The quantitative estimate of drug-likeness (QED) is 0.835. The van der Waals surface area contributed by atoms with Crippen LogP contribution in [0, 0.1) is 12.8 Å². The number of carboxylic acids is 1. The lowest BCUT2D eigenvalue weighted by Crippen LogP contribution is -2.45. The van der Waals surface area contributed by atoms with Gasteiger partial charge in [-0.2, -0.15) is 17.4 Å². The summed E-state index contributed by atoms with van der Waals surface area (Å²) in [6.07, 6.45) is 0.687. The van der Waals surface area contributed by atoms with Crippen molar-refractivity contribution in [3.8, 4) is 0 Å². The lowest BCUT2D eigenvalue weighted by Gasteiger charge is -2.29. The van der Waals surface area contributed by atoms with E-state index in [-0.39, 0.29) is 19.6 Å². The second kappa shape index (κ2) is 5.94. The predicted molar refractivity (Wildman–Crippen MR) is 71.1 cm³/mol. The average molecular weight is 302 g/mol. The number of nitrogens with one attached hydrogen (secondary N) is 1. The molecule has 0 aromatic carbocycles. The summed E-state index contributed by atoms with van der Waals surface area (Å²) in [5, 5.41) is 8.89. The smallest absolute Gasteiger partial charge is 0.306 e. The lowest BCUT2D eigenvalue weighted by atomic mass is 9.99. The summed E-state index contributed by atoms with van der Waals surface area (Å²) in [5.74, 6) is -0.0387. The molecule has 0 unspecified atom stereocenters. The van der Waals surface area contributed by atoms with Gasteiger partial charge in [0.1, 0.15) is 11.5 Å². The van der Waals surface area contributed by atoms with Gasteiger partial charge in [-0.1, -0.05) is 0 Å². The normalized spacial score (nSPS) is 18.2. The number of nitrogens with zero attached hydrogens (tertiary/aromatic N) is 1. The highest BCUT2D eigenvalue weighted by molar-refractivity contribution is 7.87. The zero-order valence-electron chi connectivity index (χ0n) is 11.2. The molecule has 1 aliphatic rings. The van der Waals surface area contributed by atoms with Gasteiger partial charge in [0.25, 0.3) is 10.2 Å². The van der Waals surface area contributed by atoms with Crippen LogP contribution in [-0.2, 0) is 21.5 Å². The first-order valence-corrected chi connectivity index (χ1v) is 7.85. The van der Waals surface area contributed by atoms with Crippen LogP contribution in [0.1, 0.15) is 24.4 Å². The van der Waals surface area contributed by atoms with Gasteiger partial charge in [-0.3, -0.25) is 4.79 Å². The third-order valence-electron chi connectivity index (χ3n) is 3.37. The topological polar surface area (TPSA) is 99.9 Å². The number of aryl methyl sites for hydroxylation is 1. The number of carboxylic acid groups (broad SMARTS) is 1. The van der Waals surface area contributed by atoms with Crippen LogP contribution in [0.2, 0.25) is 0 Å². The van der Waals surface area contributed by atoms with Crippen LogP contribution in [0.15, 0.2) is 16.5 Å². The van der Waals surface area contributed by atoms with Crippen LogP contribution in [0.3, 0.4) is 0 Å². The molecular weight excluding hydrogens is 284 g/mol. The summed E-state index contributed by atoms with van der Waals surface area (Å²) < 4.78 is 33.2. The monoisotopic (exact) mass is 302 g/mol. The third-order valence-corrected chi connectivity index (χ3v) is 4.92. The van der Waals surface area contributed by atoms with Crippen molar-refractivity contribution >= 4 is 16.2 Å². The van der Waals surface area contributed by atoms with Gasteiger partial charge in [0.15, 0.2) is 0 Å². The number of hydrogen-bond donors (Lipinski definition) is 2. The summed E-state index contributed by atoms with van der Waals surface area (Å²) in [5.41, 5.74) is 0. The van der Waals surface area contributed by atoms with Crippen LogP contribution in [0.4, 0.5) is 0 Å². The van der Waals surface area contributed by atoms with Crippen molar-refractivity contribution in [2.75, 3.05) is 13.1 Å². The van der Waals surface area contributed by atoms with Crippen molar-refractivity contribution in [2.24, 2.45) is 5.92 Å². The molecule has 8 heteroatoms. The Hall–Kier alpha value is -1.38. The van der Waals surface area contributed by atoms with Crippen LogP contribution in [-0.4, -0.2) is 36.9 Å². The number of rotatable bonds is 5. The predicted octanol–water partition coefficient (Wildman–Crippen LogP) is 0.719. The first-order valence-electron chi connectivity index (χ1n) is 6.41. The van der Waals surface area contributed by atoms with Crippen LogP contribution in [0.5, 0.6) is 0 Å². The third kappa shape index (κ3) is 3.59. The van der Waals surface area contributed by atoms with E-state index in [2.05, 4.69) is 4.72 Å². The summed E-state index contributed by atoms with van der Waals surface area (Å²) in [7, 11) is -3.59. The van der Waals surface area contributed by atoms with E-state index in [0.29, 0.717) is 18.6 Å². The molecule has 112 valence electrons. The Morgan fingerprint density at radius 1 is 1.45 bits per heavy atom. The molecule has 20 heavy (non-hydrogen) atoms. The molecule has 1 fully saturated rings. The minimum absolute atomic E-state index is 0.0923. The molecule has 1 aliphatic heterocycles. The van der Waals surface area contributed by atoms with Crippen LogP contribution in [0.25, 0.3) is 0 Å². The Bertz CT molecular complexity index is 572. The molecule has 2 N–H and O–H groups in total. The molecule has 0 amide bonds. The van der Waals surface area contributed by atoms with Crippen molar-refractivity contribution in [3.63, 3.8) is 0 Å². The van der Waals surface area contributed by atoms with Crippen molar-refractivity contribution in [1.29, 1.82) is 0 Å². The fourth-order valence-electron chi connectivity index (χ4n) is 2.18. The molecule has 1 aromatic heterocycles. The van der Waals surface area contributed by atoms with Gasteiger partial charge < -0.3 is 9.52 Å². The molecular formula is C12H18N2O5S. The highest BCUT2D eigenvalue weighted by Crippen LogP contribution is 2.19. The molecule has 7 nitrogen and oxygen atoms in total. The van der Waals surface area contributed by atoms with Gasteiger partial charge in [-0.05, 0) is 31.9 Å². The van der Waals surface area contributed by atoms with Crippen LogP contribution >= 0.6 is 0 Å². The number of carbonyl (C=O) groups is 1. The van der Waals surface area contributed by atoms with E-state index in [1.807, 2.05) is 0 Å². The van der Waals surface area contributed by atoms with Crippen molar-refractivity contribution < 1.29 is 22.7 Å². The SMILES string of the molecule is Cc1ccc(CNS(=O)(=O)N2CCC(C(=O)O)CC2)o1. The van der Waals surface area contributed by atoms with Gasteiger partial charge in [0.2, 0.25) is 0 Å². The Labute approximate surface area is 117 Å².